The number of rotatable bonds is 10. The summed E-state index contributed by atoms with van der Waals surface area (Å²) in [6, 6.07) is 11.6. The molecule has 0 radical (unpaired) electrons. The number of aryl methyl sites for hydroxylation is 1. The molecule has 0 bridgehead atoms. The highest BCUT2D eigenvalue weighted by molar-refractivity contribution is 5.65. The molecule has 1 aromatic carbocycles. The molecule has 0 amide bonds. The van der Waals surface area contributed by atoms with E-state index < -0.39 is 0 Å². The van der Waals surface area contributed by atoms with E-state index in [1.807, 2.05) is 62.7 Å². The summed E-state index contributed by atoms with van der Waals surface area (Å²) in [6.45, 7) is 7.88. The first-order valence-corrected chi connectivity index (χ1v) is 11.0. The maximum atomic E-state index is 12.0. The molecule has 0 saturated heterocycles. The molecule has 0 saturated carbocycles. The Kier molecular flexibility index (Phi) is 10.9. The molecule has 3 aromatic rings. The number of hydrogen-bond donors (Lipinski definition) is 3. The molecule has 0 unspecified atom stereocenters. The van der Waals surface area contributed by atoms with Crippen LogP contribution in [0.25, 0.3) is 11.1 Å². The highest BCUT2D eigenvalue weighted by atomic mass is 16.1. The Morgan fingerprint density at radius 1 is 1.21 bits per heavy atom. The third-order valence-electron chi connectivity index (χ3n) is 4.79. The van der Waals surface area contributed by atoms with Crippen LogP contribution in [-0.4, -0.2) is 34.4 Å². The van der Waals surface area contributed by atoms with Crippen molar-refractivity contribution in [3.63, 3.8) is 0 Å². The second kappa shape index (κ2) is 14.2. The number of aromatic nitrogens is 3. The van der Waals surface area contributed by atoms with Gasteiger partial charge in [-0.3, -0.25) is 9.48 Å². The Balaban J connectivity index is 0.000000696. The van der Waals surface area contributed by atoms with Crippen molar-refractivity contribution >= 4 is 5.69 Å². The van der Waals surface area contributed by atoms with Crippen molar-refractivity contribution in [2.75, 3.05) is 25.0 Å². The van der Waals surface area contributed by atoms with Crippen LogP contribution >= 0.6 is 0 Å². The monoisotopic (exact) mass is 444 g/mol. The molecule has 0 aliphatic rings. The van der Waals surface area contributed by atoms with Crippen LogP contribution in [0.15, 0.2) is 78.5 Å². The van der Waals surface area contributed by atoms with E-state index in [2.05, 4.69) is 33.4 Å². The van der Waals surface area contributed by atoms with E-state index >= 15 is 0 Å². The molecule has 3 rings (SSSR count). The highest BCUT2D eigenvalue weighted by Crippen LogP contribution is 2.18. The van der Waals surface area contributed by atoms with Gasteiger partial charge >= 0.3 is 0 Å². The van der Waals surface area contributed by atoms with Gasteiger partial charge in [-0.25, -0.2) is 0 Å². The second-order valence-electron chi connectivity index (χ2n) is 7.38. The summed E-state index contributed by atoms with van der Waals surface area (Å²) in [6.07, 6.45) is 12.8. The zero-order valence-corrected chi connectivity index (χ0v) is 19.3. The second-order valence-corrected chi connectivity index (χ2v) is 7.38. The van der Waals surface area contributed by atoms with Crippen LogP contribution in [0.4, 0.5) is 5.69 Å². The lowest BCUT2D eigenvalue weighted by molar-refractivity contribution is 0.660. The van der Waals surface area contributed by atoms with Gasteiger partial charge in [0.1, 0.15) is 5.69 Å². The van der Waals surface area contributed by atoms with Crippen molar-refractivity contribution in [2.45, 2.75) is 19.8 Å². The van der Waals surface area contributed by atoms with Gasteiger partial charge in [0.2, 0.25) is 0 Å². The van der Waals surface area contributed by atoms with E-state index in [1.54, 1.807) is 23.2 Å². The lowest BCUT2D eigenvalue weighted by atomic mass is 10.1. The van der Waals surface area contributed by atoms with Crippen LogP contribution in [0.1, 0.15) is 24.5 Å². The summed E-state index contributed by atoms with van der Waals surface area (Å²) in [7, 11) is 1.86. The molecule has 0 fully saturated rings. The molecule has 33 heavy (non-hydrogen) atoms. The Bertz CT molecular complexity index is 1120. The molecule has 0 atom stereocenters. The molecule has 7 heteroatoms. The zero-order chi connectivity index (χ0) is 23.9. The first-order chi connectivity index (χ1) is 16.1. The summed E-state index contributed by atoms with van der Waals surface area (Å²) >= 11 is 0. The minimum Gasteiger partial charge on any atom is -0.381 e. The Labute approximate surface area is 195 Å². The van der Waals surface area contributed by atoms with Crippen molar-refractivity contribution in [2.24, 2.45) is 7.05 Å². The van der Waals surface area contributed by atoms with Gasteiger partial charge in [0.15, 0.2) is 0 Å². The summed E-state index contributed by atoms with van der Waals surface area (Å²) < 4.78 is 1.73. The predicted octanol–water partition coefficient (Wildman–Crippen LogP) is 4.03. The molecular formula is C26H32N6O. The first-order valence-electron chi connectivity index (χ1n) is 11.0. The maximum Gasteiger partial charge on any atom is 0.271 e. The van der Waals surface area contributed by atoms with Crippen LogP contribution in [0.3, 0.4) is 0 Å². The summed E-state index contributed by atoms with van der Waals surface area (Å²) in [5.41, 5.74) is 4.23. The largest absolute Gasteiger partial charge is 0.381 e. The van der Waals surface area contributed by atoms with Crippen molar-refractivity contribution in [3.8, 4) is 17.2 Å². The van der Waals surface area contributed by atoms with Gasteiger partial charge in [0, 0.05) is 37.1 Å². The number of benzene rings is 1. The Morgan fingerprint density at radius 2 is 2.00 bits per heavy atom. The fraction of sp³-hybridized carbons (Fsp3) is 0.269. The van der Waals surface area contributed by atoms with E-state index in [4.69, 9.17) is 5.26 Å². The van der Waals surface area contributed by atoms with Crippen LogP contribution in [0.5, 0.6) is 0 Å². The average molecular weight is 445 g/mol. The molecule has 0 spiro atoms. The highest BCUT2D eigenvalue weighted by Gasteiger charge is 2.05. The Hall–Kier alpha value is -3.89. The number of hydrogen-bond acceptors (Lipinski definition) is 5. The molecule has 172 valence electrons. The normalized spacial score (nSPS) is 10.3. The topological polar surface area (TPSA) is 98.5 Å². The third kappa shape index (κ3) is 9.01. The van der Waals surface area contributed by atoms with Crippen molar-refractivity contribution in [1.29, 1.82) is 5.26 Å². The van der Waals surface area contributed by atoms with E-state index in [-0.39, 0.29) is 5.56 Å². The lowest BCUT2D eigenvalue weighted by Gasteiger charge is -2.08. The van der Waals surface area contributed by atoms with Crippen LogP contribution in [-0.2, 0) is 13.5 Å². The van der Waals surface area contributed by atoms with Crippen LogP contribution < -0.4 is 16.2 Å². The van der Waals surface area contributed by atoms with Crippen molar-refractivity contribution in [1.82, 2.24) is 20.1 Å². The zero-order valence-electron chi connectivity index (χ0n) is 19.3. The SMILES string of the molecule is C=C/C=C\C.Cn1cc(-c2c[nH]c(=O)c(NCCCNCCc3ccc(C#N)cc3)c2)cn1. The summed E-state index contributed by atoms with van der Waals surface area (Å²) in [5, 5.41) is 19.6. The van der Waals surface area contributed by atoms with Gasteiger partial charge in [-0.1, -0.05) is 36.9 Å². The van der Waals surface area contributed by atoms with Crippen molar-refractivity contribution in [3.05, 3.63) is 95.2 Å². The molecule has 7 nitrogen and oxygen atoms in total. The van der Waals surface area contributed by atoms with Gasteiger partial charge in [-0.15, -0.1) is 0 Å². The van der Waals surface area contributed by atoms with Gasteiger partial charge in [-0.05, 0) is 56.6 Å². The number of nitrogens with one attached hydrogen (secondary N) is 3. The van der Waals surface area contributed by atoms with Crippen LogP contribution in [0.2, 0.25) is 0 Å². The molecule has 2 heterocycles. The fourth-order valence-corrected chi connectivity index (χ4v) is 3.03. The standard InChI is InChI=1S/C21H24N6O.C5H8/c1-27-15-19(14-26-27)18-11-20(21(28)25-13-18)24-9-2-8-23-10-7-16-3-5-17(12-22)6-4-16;1-3-5-4-2/h3-6,11,13-15,23-24H,2,7-10H2,1H3,(H,25,28);3-5H,1H2,2H3/b;5-4-. The molecule has 0 aliphatic carbocycles. The van der Waals surface area contributed by atoms with Crippen molar-refractivity contribution < 1.29 is 0 Å². The number of allylic oxidation sites excluding steroid dienone is 3. The first kappa shape index (κ1) is 25.4. The number of H-pyrrole nitrogens is 1. The number of nitrogens with zero attached hydrogens (tertiary/aromatic N) is 3. The fourth-order valence-electron chi connectivity index (χ4n) is 3.03. The summed E-state index contributed by atoms with van der Waals surface area (Å²) in [5.74, 6) is 0. The number of aromatic amines is 1. The minimum atomic E-state index is -0.124. The number of nitriles is 1. The van der Waals surface area contributed by atoms with Crippen LogP contribution in [0, 0.1) is 11.3 Å². The lowest BCUT2D eigenvalue weighted by Crippen LogP contribution is -2.22. The quantitative estimate of drug-likeness (QED) is 0.324. The van der Waals surface area contributed by atoms with Gasteiger partial charge in [0.05, 0.1) is 17.8 Å². The van der Waals surface area contributed by atoms with Gasteiger partial charge in [-0.2, -0.15) is 10.4 Å². The average Bonchev–Trinajstić information content (AvgIpc) is 3.27. The van der Waals surface area contributed by atoms with Gasteiger partial charge in [0.25, 0.3) is 5.56 Å². The predicted molar refractivity (Wildman–Crippen MR) is 135 cm³/mol. The van der Waals surface area contributed by atoms with E-state index in [1.165, 1.54) is 5.56 Å². The molecule has 0 aliphatic heterocycles. The van der Waals surface area contributed by atoms with E-state index in [9.17, 15) is 4.79 Å². The Morgan fingerprint density at radius 3 is 2.61 bits per heavy atom. The molecule has 3 N–H and O–H groups in total. The maximum absolute atomic E-state index is 12.0. The number of pyridine rings is 1. The minimum absolute atomic E-state index is 0.124. The smallest absolute Gasteiger partial charge is 0.271 e. The van der Waals surface area contributed by atoms with E-state index in [0.29, 0.717) is 17.8 Å². The third-order valence-corrected chi connectivity index (χ3v) is 4.79. The van der Waals surface area contributed by atoms with E-state index in [0.717, 1.165) is 37.1 Å². The van der Waals surface area contributed by atoms with Gasteiger partial charge < -0.3 is 15.6 Å². The summed E-state index contributed by atoms with van der Waals surface area (Å²) in [4.78, 5) is 14.8. The number of anilines is 1. The molecular weight excluding hydrogens is 412 g/mol. The molecule has 2 aromatic heterocycles.